The smallest absolute Gasteiger partial charge is 0.321 e. The van der Waals surface area contributed by atoms with Gasteiger partial charge in [0.05, 0.1) is 12.3 Å². The van der Waals surface area contributed by atoms with Crippen LogP contribution >= 0.6 is 0 Å². The molecule has 1 aromatic heterocycles. The Hall–Kier alpha value is -2.34. The summed E-state index contributed by atoms with van der Waals surface area (Å²) >= 11 is 0. The van der Waals surface area contributed by atoms with E-state index in [1.165, 1.54) is 0 Å². The van der Waals surface area contributed by atoms with Crippen LogP contribution in [0.1, 0.15) is 24.6 Å². The van der Waals surface area contributed by atoms with Gasteiger partial charge in [0.2, 0.25) is 5.89 Å². The van der Waals surface area contributed by atoms with Gasteiger partial charge in [-0.1, -0.05) is 13.0 Å². The number of amides is 2. The fourth-order valence-electron chi connectivity index (χ4n) is 2.28. The molecule has 0 spiro atoms. The molecule has 0 saturated carbocycles. The van der Waals surface area contributed by atoms with E-state index in [1.54, 1.807) is 11.2 Å². The second kappa shape index (κ2) is 7.78. The molecule has 1 heterocycles. The van der Waals surface area contributed by atoms with E-state index in [2.05, 4.69) is 10.3 Å². The molecule has 0 aliphatic rings. The highest BCUT2D eigenvalue weighted by Crippen LogP contribution is 2.25. The molecule has 6 nitrogen and oxygen atoms in total. The van der Waals surface area contributed by atoms with Crippen LogP contribution in [0, 0.1) is 13.8 Å². The molecular formula is C17H23N3O3. The van der Waals surface area contributed by atoms with Gasteiger partial charge >= 0.3 is 6.03 Å². The molecule has 0 atom stereocenters. The Morgan fingerprint density at radius 3 is 2.74 bits per heavy atom. The monoisotopic (exact) mass is 317 g/mol. The topological polar surface area (TPSA) is 78.6 Å². The molecule has 2 N–H and O–H groups in total. The maximum Gasteiger partial charge on any atom is 0.321 e. The first kappa shape index (κ1) is 17.0. The van der Waals surface area contributed by atoms with Crippen molar-refractivity contribution in [3.05, 3.63) is 35.7 Å². The minimum Gasteiger partial charge on any atom is -0.444 e. The number of nitrogens with zero attached hydrogens (tertiary/aromatic N) is 2. The van der Waals surface area contributed by atoms with Crippen LogP contribution in [0.4, 0.5) is 10.5 Å². The van der Waals surface area contributed by atoms with E-state index in [4.69, 9.17) is 9.52 Å². The van der Waals surface area contributed by atoms with Crippen molar-refractivity contribution in [3.8, 4) is 11.5 Å². The molecule has 1 aromatic carbocycles. The number of aryl methyl sites for hydroxylation is 2. The van der Waals surface area contributed by atoms with Crippen molar-refractivity contribution >= 4 is 11.7 Å². The van der Waals surface area contributed by atoms with Crippen molar-refractivity contribution in [2.75, 3.05) is 25.0 Å². The first-order valence-corrected chi connectivity index (χ1v) is 7.75. The average molecular weight is 317 g/mol. The molecular weight excluding hydrogens is 294 g/mol. The fraction of sp³-hybridized carbons (Fsp3) is 0.412. The Balaban J connectivity index is 2.20. The third-order valence-electron chi connectivity index (χ3n) is 3.50. The van der Waals surface area contributed by atoms with Gasteiger partial charge < -0.3 is 19.7 Å². The van der Waals surface area contributed by atoms with Crippen LogP contribution in [0.2, 0.25) is 0 Å². The predicted octanol–water partition coefficient (Wildman–Crippen LogP) is 3.19. The quantitative estimate of drug-likeness (QED) is 0.857. The van der Waals surface area contributed by atoms with E-state index in [1.807, 2.05) is 39.0 Å². The standard InChI is InChI=1S/C17H23N3O3/c1-4-7-20(8-9-21)17(22)19-15-10-14(6-5-12(15)2)16-18-13(3)11-23-16/h5-6,10-11,21H,4,7-9H2,1-3H3,(H,19,22). The lowest BCUT2D eigenvalue weighted by Gasteiger charge is -2.22. The molecule has 6 heteroatoms. The number of aliphatic hydroxyl groups excluding tert-OH is 1. The number of oxazole rings is 1. The molecule has 0 saturated heterocycles. The molecule has 2 rings (SSSR count). The predicted molar refractivity (Wildman–Crippen MR) is 89.4 cm³/mol. The van der Waals surface area contributed by atoms with Crippen molar-refractivity contribution in [1.82, 2.24) is 9.88 Å². The lowest BCUT2D eigenvalue weighted by Crippen LogP contribution is -2.37. The number of hydrogen-bond acceptors (Lipinski definition) is 4. The zero-order valence-corrected chi connectivity index (χ0v) is 13.8. The number of anilines is 1. The van der Waals surface area contributed by atoms with Crippen molar-refractivity contribution in [2.45, 2.75) is 27.2 Å². The van der Waals surface area contributed by atoms with E-state index in [0.29, 0.717) is 24.7 Å². The van der Waals surface area contributed by atoms with Crippen molar-refractivity contribution < 1.29 is 14.3 Å². The maximum atomic E-state index is 12.4. The lowest BCUT2D eigenvalue weighted by molar-refractivity contribution is 0.188. The van der Waals surface area contributed by atoms with Crippen LogP contribution in [-0.2, 0) is 0 Å². The molecule has 2 aromatic rings. The number of aliphatic hydroxyl groups is 1. The third-order valence-corrected chi connectivity index (χ3v) is 3.50. The van der Waals surface area contributed by atoms with Crippen LogP contribution in [0.5, 0.6) is 0 Å². The number of benzene rings is 1. The number of hydrogen-bond donors (Lipinski definition) is 2. The van der Waals surface area contributed by atoms with Gasteiger partial charge in [-0.15, -0.1) is 0 Å². The van der Waals surface area contributed by atoms with Gasteiger partial charge in [0.25, 0.3) is 0 Å². The summed E-state index contributed by atoms with van der Waals surface area (Å²) in [6.07, 6.45) is 2.43. The highest BCUT2D eigenvalue weighted by atomic mass is 16.3. The molecule has 0 fully saturated rings. The summed E-state index contributed by atoms with van der Waals surface area (Å²) in [7, 11) is 0. The van der Waals surface area contributed by atoms with Crippen LogP contribution < -0.4 is 5.32 Å². The van der Waals surface area contributed by atoms with Gasteiger partial charge in [0, 0.05) is 24.3 Å². The summed E-state index contributed by atoms with van der Waals surface area (Å²) in [4.78, 5) is 18.3. The Bertz CT molecular complexity index is 661. The van der Waals surface area contributed by atoms with Gasteiger partial charge in [-0.05, 0) is 38.0 Å². The zero-order valence-electron chi connectivity index (χ0n) is 13.8. The highest BCUT2D eigenvalue weighted by molar-refractivity contribution is 5.91. The van der Waals surface area contributed by atoms with E-state index in [-0.39, 0.29) is 12.6 Å². The average Bonchev–Trinajstić information content (AvgIpc) is 2.95. The van der Waals surface area contributed by atoms with Crippen LogP contribution in [0.3, 0.4) is 0 Å². The number of aromatic nitrogens is 1. The van der Waals surface area contributed by atoms with Crippen LogP contribution in [-0.4, -0.2) is 40.7 Å². The molecule has 0 bridgehead atoms. The van der Waals surface area contributed by atoms with Crippen molar-refractivity contribution in [1.29, 1.82) is 0 Å². The maximum absolute atomic E-state index is 12.4. The minimum absolute atomic E-state index is 0.0535. The number of urea groups is 1. The first-order valence-electron chi connectivity index (χ1n) is 7.75. The first-order chi connectivity index (χ1) is 11.0. The molecule has 0 unspecified atom stereocenters. The van der Waals surface area contributed by atoms with Crippen molar-refractivity contribution in [3.63, 3.8) is 0 Å². The number of rotatable bonds is 6. The highest BCUT2D eigenvalue weighted by Gasteiger charge is 2.14. The van der Waals surface area contributed by atoms with E-state index < -0.39 is 0 Å². The summed E-state index contributed by atoms with van der Waals surface area (Å²) < 4.78 is 5.41. The number of carbonyl (C=O) groups is 1. The Morgan fingerprint density at radius 1 is 1.35 bits per heavy atom. The summed E-state index contributed by atoms with van der Waals surface area (Å²) in [5, 5.41) is 12.0. The summed E-state index contributed by atoms with van der Waals surface area (Å²) in [5.74, 6) is 0.527. The zero-order chi connectivity index (χ0) is 16.8. The second-order valence-corrected chi connectivity index (χ2v) is 5.46. The van der Waals surface area contributed by atoms with E-state index in [9.17, 15) is 4.79 Å². The van der Waals surface area contributed by atoms with Crippen molar-refractivity contribution in [2.24, 2.45) is 0 Å². The SMILES string of the molecule is CCCN(CCO)C(=O)Nc1cc(-c2nc(C)co2)ccc1C. The van der Waals surface area contributed by atoms with Crippen LogP contribution in [0.25, 0.3) is 11.5 Å². The molecule has 2 amide bonds. The van der Waals surface area contributed by atoms with E-state index in [0.717, 1.165) is 23.2 Å². The Labute approximate surface area is 136 Å². The Kier molecular flexibility index (Phi) is 5.76. The Morgan fingerprint density at radius 2 is 2.13 bits per heavy atom. The molecule has 124 valence electrons. The minimum atomic E-state index is -0.218. The molecule has 0 aliphatic heterocycles. The second-order valence-electron chi connectivity index (χ2n) is 5.46. The molecule has 23 heavy (non-hydrogen) atoms. The third kappa shape index (κ3) is 4.32. The lowest BCUT2D eigenvalue weighted by atomic mass is 10.1. The van der Waals surface area contributed by atoms with Gasteiger partial charge in [-0.25, -0.2) is 9.78 Å². The van der Waals surface area contributed by atoms with Gasteiger partial charge in [0.15, 0.2) is 0 Å². The number of nitrogens with one attached hydrogen (secondary N) is 1. The van der Waals surface area contributed by atoms with Gasteiger partial charge in [-0.3, -0.25) is 0 Å². The summed E-state index contributed by atoms with van der Waals surface area (Å²) in [5.41, 5.74) is 3.28. The van der Waals surface area contributed by atoms with Gasteiger partial charge in [-0.2, -0.15) is 0 Å². The van der Waals surface area contributed by atoms with Crippen LogP contribution in [0.15, 0.2) is 28.9 Å². The molecule has 0 aliphatic carbocycles. The van der Waals surface area contributed by atoms with E-state index >= 15 is 0 Å². The summed E-state index contributed by atoms with van der Waals surface area (Å²) in [6.45, 7) is 6.65. The largest absolute Gasteiger partial charge is 0.444 e. The normalized spacial score (nSPS) is 10.6. The fourth-order valence-corrected chi connectivity index (χ4v) is 2.28. The number of carbonyl (C=O) groups excluding carboxylic acids is 1. The van der Waals surface area contributed by atoms with Gasteiger partial charge in [0.1, 0.15) is 6.26 Å². The molecule has 0 radical (unpaired) electrons. The summed E-state index contributed by atoms with van der Waals surface area (Å²) in [6, 6.07) is 5.46.